The van der Waals surface area contributed by atoms with Crippen LogP contribution in [0.25, 0.3) is 22.4 Å². The molecule has 0 aliphatic rings. The summed E-state index contributed by atoms with van der Waals surface area (Å²) in [5, 5.41) is 3.36. The zero-order valence-electron chi connectivity index (χ0n) is 15.1. The van der Waals surface area contributed by atoms with Crippen LogP contribution in [-0.2, 0) is 18.4 Å². The van der Waals surface area contributed by atoms with Gasteiger partial charge in [0.15, 0.2) is 5.65 Å². The number of aromatic nitrogens is 3. The number of methoxy groups -OCH3 is 1. The van der Waals surface area contributed by atoms with Crippen molar-refractivity contribution in [3.63, 3.8) is 0 Å². The SMILES string of the molecule is COCc1nc2nc(-c3ccccc3)c(Nc3ccc(F)cc3)cc2n1C. The highest BCUT2D eigenvalue weighted by molar-refractivity contribution is 5.87. The molecular formula is C21H19FN4O. The molecule has 0 atom stereocenters. The van der Waals surface area contributed by atoms with Crippen molar-refractivity contribution in [3.8, 4) is 11.3 Å². The van der Waals surface area contributed by atoms with Crippen LogP contribution in [0, 0.1) is 5.82 Å². The Morgan fingerprint density at radius 3 is 2.48 bits per heavy atom. The number of pyridine rings is 1. The van der Waals surface area contributed by atoms with Gasteiger partial charge in [-0.15, -0.1) is 0 Å². The van der Waals surface area contributed by atoms with E-state index in [1.807, 2.05) is 48.0 Å². The molecule has 0 bridgehead atoms. The first-order valence-electron chi connectivity index (χ1n) is 8.59. The van der Waals surface area contributed by atoms with Crippen molar-refractivity contribution in [2.75, 3.05) is 12.4 Å². The van der Waals surface area contributed by atoms with Crippen LogP contribution in [0.3, 0.4) is 0 Å². The molecule has 2 aromatic carbocycles. The molecule has 4 aromatic rings. The number of nitrogens with one attached hydrogen (secondary N) is 1. The molecule has 0 unspecified atom stereocenters. The van der Waals surface area contributed by atoms with Crippen LogP contribution in [-0.4, -0.2) is 21.6 Å². The molecule has 0 saturated heterocycles. The van der Waals surface area contributed by atoms with Gasteiger partial charge in [-0.2, -0.15) is 0 Å². The summed E-state index contributed by atoms with van der Waals surface area (Å²) in [7, 11) is 3.58. The zero-order chi connectivity index (χ0) is 18.8. The van der Waals surface area contributed by atoms with Gasteiger partial charge in [-0.25, -0.2) is 14.4 Å². The summed E-state index contributed by atoms with van der Waals surface area (Å²) >= 11 is 0. The fourth-order valence-corrected chi connectivity index (χ4v) is 3.02. The summed E-state index contributed by atoms with van der Waals surface area (Å²) in [6, 6.07) is 18.2. The topological polar surface area (TPSA) is 52.0 Å². The van der Waals surface area contributed by atoms with Crippen LogP contribution in [0.15, 0.2) is 60.7 Å². The number of halogens is 1. The number of benzene rings is 2. The monoisotopic (exact) mass is 362 g/mol. The molecule has 5 nitrogen and oxygen atoms in total. The molecule has 2 heterocycles. The predicted molar refractivity (Wildman–Crippen MR) is 104 cm³/mol. The van der Waals surface area contributed by atoms with Gasteiger partial charge in [-0.3, -0.25) is 0 Å². The van der Waals surface area contributed by atoms with E-state index in [4.69, 9.17) is 9.72 Å². The molecule has 4 rings (SSSR count). The number of rotatable bonds is 5. The number of aryl methyl sites for hydroxylation is 1. The summed E-state index contributed by atoms with van der Waals surface area (Å²) in [5.74, 6) is 0.534. The lowest BCUT2D eigenvalue weighted by Crippen LogP contribution is -2.00. The molecule has 2 aromatic heterocycles. The van der Waals surface area contributed by atoms with Crippen LogP contribution in [0.4, 0.5) is 15.8 Å². The maximum absolute atomic E-state index is 13.2. The van der Waals surface area contributed by atoms with Crippen molar-refractivity contribution in [1.82, 2.24) is 14.5 Å². The Morgan fingerprint density at radius 2 is 1.78 bits per heavy atom. The van der Waals surface area contributed by atoms with Crippen molar-refractivity contribution in [3.05, 3.63) is 72.3 Å². The Hall–Kier alpha value is -3.25. The van der Waals surface area contributed by atoms with Crippen molar-refractivity contribution < 1.29 is 9.13 Å². The van der Waals surface area contributed by atoms with Gasteiger partial charge in [0.05, 0.1) is 16.9 Å². The second-order valence-electron chi connectivity index (χ2n) is 6.25. The molecule has 0 aliphatic heterocycles. The van der Waals surface area contributed by atoms with Gasteiger partial charge in [-0.05, 0) is 30.3 Å². The molecule has 1 N–H and O–H groups in total. The summed E-state index contributed by atoms with van der Waals surface area (Å²) in [5.41, 5.74) is 4.93. The van der Waals surface area contributed by atoms with Gasteiger partial charge < -0.3 is 14.6 Å². The second-order valence-corrected chi connectivity index (χ2v) is 6.25. The van der Waals surface area contributed by atoms with Gasteiger partial charge >= 0.3 is 0 Å². The molecule has 0 fully saturated rings. The van der Waals surface area contributed by atoms with Crippen molar-refractivity contribution in [2.45, 2.75) is 6.61 Å². The molecule has 0 aliphatic carbocycles. The Labute approximate surface area is 156 Å². The van der Waals surface area contributed by atoms with Gasteiger partial charge in [0.2, 0.25) is 0 Å². The zero-order valence-corrected chi connectivity index (χ0v) is 15.1. The van der Waals surface area contributed by atoms with E-state index >= 15 is 0 Å². The van der Waals surface area contributed by atoms with E-state index < -0.39 is 0 Å². The van der Waals surface area contributed by atoms with Crippen LogP contribution in [0.5, 0.6) is 0 Å². The van der Waals surface area contributed by atoms with E-state index in [1.54, 1.807) is 19.2 Å². The fraction of sp³-hybridized carbons (Fsp3) is 0.143. The Bertz CT molecular complexity index is 1070. The first-order chi connectivity index (χ1) is 13.2. The minimum Gasteiger partial charge on any atom is -0.377 e. The molecule has 136 valence electrons. The molecule has 0 amide bonds. The lowest BCUT2D eigenvalue weighted by Gasteiger charge is -2.12. The minimum absolute atomic E-state index is 0.270. The highest BCUT2D eigenvalue weighted by Gasteiger charge is 2.15. The number of anilines is 2. The Balaban J connectivity index is 1.87. The average Bonchev–Trinajstić information content (AvgIpc) is 2.99. The molecule has 0 radical (unpaired) electrons. The van der Waals surface area contributed by atoms with E-state index in [1.165, 1.54) is 12.1 Å². The first-order valence-corrected chi connectivity index (χ1v) is 8.59. The highest BCUT2D eigenvalue weighted by atomic mass is 19.1. The summed E-state index contributed by atoms with van der Waals surface area (Å²) < 4.78 is 20.4. The normalized spacial score (nSPS) is 11.1. The molecule has 0 spiro atoms. The van der Waals surface area contributed by atoms with E-state index in [9.17, 15) is 4.39 Å². The van der Waals surface area contributed by atoms with E-state index in [-0.39, 0.29) is 5.82 Å². The van der Waals surface area contributed by atoms with Crippen molar-refractivity contribution in [2.24, 2.45) is 7.05 Å². The smallest absolute Gasteiger partial charge is 0.178 e. The standard InChI is InChI=1S/C21H19FN4O/c1-26-18-12-17(23-16-10-8-15(22)9-11-16)20(14-6-4-3-5-7-14)25-21(18)24-19(26)13-27-2/h3-12,23H,13H2,1-2H3. The van der Waals surface area contributed by atoms with Gasteiger partial charge in [-0.1, -0.05) is 30.3 Å². The van der Waals surface area contributed by atoms with Crippen LogP contribution in [0.2, 0.25) is 0 Å². The lowest BCUT2D eigenvalue weighted by molar-refractivity contribution is 0.176. The third kappa shape index (κ3) is 3.39. The third-order valence-corrected chi connectivity index (χ3v) is 4.41. The van der Waals surface area contributed by atoms with Gasteiger partial charge in [0.1, 0.15) is 18.2 Å². The summed E-state index contributed by atoms with van der Waals surface area (Å²) in [6.07, 6.45) is 0. The van der Waals surface area contributed by atoms with Gasteiger partial charge in [0, 0.05) is 25.4 Å². The second kappa shape index (κ2) is 7.17. The molecule has 0 saturated carbocycles. The number of imidazole rings is 1. The number of hydrogen-bond donors (Lipinski definition) is 1. The van der Waals surface area contributed by atoms with E-state index in [0.29, 0.717) is 12.3 Å². The third-order valence-electron chi connectivity index (χ3n) is 4.41. The average molecular weight is 362 g/mol. The summed E-state index contributed by atoms with van der Waals surface area (Å²) in [6.45, 7) is 0.411. The van der Waals surface area contributed by atoms with Crippen LogP contribution < -0.4 is 5.32 Å². The highest BCUT2D eigenvalue weighted by Crippen LogP contribution is 2.32. The number of hydrogen-bond acceptors (Lipinski definition) is 4. The van der Waals surface area contributed by atoms with E-state index in [0.717, 1.165) is 34.0 Å². The summed E-state index contributed by atoms with van der Waals surface area (Å²) in [4.78, 5) is 9.40. The lowest BCUT2D eigenvalue weighted by atomic mass is 10.1. The van der Waals surface area contributed by atoms with Crippen molar-refractivity contribution in [1.29, 1.82) is 0 Å². The maximum atomic E-state index is 13.2. The predicted octanol–water partition coefficient (Wildman–Crippen LogP) is 4.66. The number of fused-ring (bicyclic) bond motifs is 1. The first kappa shape index (κ1) is 17.2. The number of nitrogens with zero attached hydrogens (tertiary/aromatic N) is 3. The maximum Gasteiger partial charge on any atom is 0.178 e. The molecule has 27 heavy (non-hydrogen) atoms. The van der Waals surface area contributed by atoms with Crippen LogP contribution in [0.1, 0.15) is 5.82 Å². The van der Waals surface area contributed by atoms with E-state index in [2.05, 4.69) is 10.3 Å². The van der Waals surface area contributed by atoms with Gasteiger partial charge in [0.25, 0.3) is 0 Å². The fourth-order valence-electron chi connectivity index (χ4n) is 3.02. The number of ether oxygens (including phenoxy) is 1. The molecular weight excluding hydrogens is 343 g/mol. The van der Waals surface area contributed by atoms with Crippen LogP contribution >= 0.6 is 0 Å². The Morgan fingerprint density at radius 1 is 1.04 bits per heavy atom. The van der Waals surface area contributed by atoms with Crippen molar-refractivity contribution >= 4 is 22.5 Å². The quantitative estimate of drug-likeness (QED) is 0.561. The Kier molecular flexibility index (Phi) is 4.56. The minimum atomic E-state index is -0.270. The molecule has 6 heteroatoms. The largest absolute Gasteiger partial charge is 0.377 e.